The van der Waals surface area contributed by atoms with E-state index in [0.29, 0.717) is 19.7 Å². The molecular weight excluding hydrogens is 328 g/mol. The summed E-state index contributed by atoms with van der Waals surface area (Å²) < 4.78 is 5.86. The number of nitrogens with two attached hydrogens (primary N) is 1. The van der Waals surface area contributed by atoms with E-state index < -0.39 is 5.97 Å². The van der Waals surface area contributed by atoms with Crippen LogP contribution in [0.1, 0.15) is 30.9 Å². The number of hydrogen-bond donors (Lipinski definition) is 3. The summed E-state index contributed by atoms with van der Waals surface area (Å²) in [5, 5.41) is 12.3. The van der Waals surface area contributed by atoms with Crippen LogP contribution in [0.4, 0.5) is 0 Å². The average Bonchev–Trinajstić information content (AvgIpc) is 2.64. The summed E-state index contributed by atoms with van der Waals surface area (Å²) in [5.41, 5.74) is 8.07. The van der Waals surface area contributed by atoms with Crippen LogP contribution in [0.15, 0.2) is 54.6 Å². The van der Waals surface area contributed by atoms with E-state index >= 15 is 0 Å². The van der Waals surface area contributed by atoms with Gasteiger partial charge in [-0.25, -0.2) is 0 Å². The van der Waals surface area contributed by atoms with Gasteiger partial charge in [0.1, 0.15) is 12.4 Å². The zero-order valence-corrected chi connectivity index (χ0v) is 15.2. The second kappa shape index (κ2) is 10.6. The highest BCUT2D eigenvalue weighted by Crippen LogP contribution is 2.16. The molecular formula is C21H28N2O3. The van der Waals surface area contributed by atoms with Gasteiger partial charge in [0.05, 0.1) is 0 Å². The van der Waals surface area contributed by atoms with E-state index in [1.54, 1.807) is 0 Å². The first-order chi connectivity index (χ1) is 12.6. The van der Waals surface area contributed by atoms with Crippen LogP contribution < -0.4 is 15.8 Å². The normalized spacial score (nSPS) is 13.2. The van der Waals surface area contributed by atoms with Gasteiger partial charge in [0, 0.05) is 25.6 Å². The molecule has 0 radical (unpaired) electrons. The highest BCUT2D eigenvalue weighted by atomic mass is 16.5. The Hall–Kier alpha value is -2.37. The molecule has 26 heavy (non-hydrogen) atoms. The predicted molar refractivity (Wildman–Crippen MR) is 103 cm³/mol. The molecule has 5 heteroatoms. The Morgan fingerprint density at radius 1 is 1.15 bits per heavy atom. The Bertz CT molecular complexity index is 676. The molecule has 2 rings (SSSR count). The van der Waals surface area contributed by atoms with Crippen LogP contribution in [0.25, 0.3) is 0 Å². The molecule has 2 atom stereocenters. The minimum Gasteiger partial charge on any atom is -0.489 e. The Morgan fingerprint density at radius 2 is 1.88 bits per heavy atom. The summed E-state index contributed by atoms with van der Waals surface area (Å²) in [6, 6.07) is 18.1. The molecule has 140 valence electrons. The minimum atomic E-state index is -0.767. The highest BCUT2D eigenvalue weighted by molar-refractivity contribution is 5.66. The SMILES string of the molecule is CC(CC(=O)O)C[C@H](CN)NCc1cccc(OCc2ccccc2)c1. The van der Waals surface area contributed by atoms with Crippen LogP contribution in [0.2, 0.25) is 0 Å². The smallest absolute Gasteiger partial charge is 0.303 e. The Kier molecular flexibility index (Phi) is 8.12. The summed E-state index contributed by atoms with van der Waals surface area (Å²) in [6.45, 7) is 3.63. The maximum absolute atomic E-state index is 10.8. The van der Waals surface area contributed by atoms with E-state index in [2.05, 4.69) is 5.32 Å². The van der Waals surface area contributed by atoms with Gasteiger partial charge >= 0.3 is 5.97 Å². The van der Waals surface area contributed by atoms with Crippen LogP contribution in [0.3, 0.4) is 0 Å². The molecule has 0 fully saturated rings. The van der Waals surface area contributed by atoms with Crippen LogP contribution in [0, 0.1) is 5.92 Å². The number of carbonyl (C=O) groups is 1. The first-order valence-electron chi connectivity index (χ1n) is 8.97. The number of rotatable bonds is 11. The molecule has 4 N–H and O–H groups in total. The summed E-state index contributed by atoms with van der Waals surface area (Å²) in [4.78, 5) is 10.8. The summed E-state index contributed by atoms with van der Waals surface area (Å²) >= 11 is 0. The molecule has 2 aromatic rings. The Labute approximate surface area is 155 Å². The van der Waals surface area contributed by atoms with Gasteiger partial charge in [-0.1, -0.05) is 49.4 Å². The molecule has 0 saturated heterocycles. The average molecular weight is 356 g/mol. The van der Waals surface area contributed by atoms with Gasteiger partial charge in [0.15, 0.2) is 0 Å². The third kappa shape index (κ3) is 7.25. The fraction of sp³-hybridized carbons (Fsp3) is 0.381. The number of nitrogens with one attached hydrogen (secondary N) is 1. The van der Waals surface area contributed by atoms with Crippen molar-refractivity contribution in [3.05, 3.63) is 65.7 Å². The van der Waals surface area contributed by atoms with E-state index in [4.69, 9.17) is 15.6 Å². The van der Waals surface area contributed by atoms with Crippen LogP contribution in [-0.2, 0) is 17.9 Å². The number of aliphatic carboxylic acids is 1. The standard InChI is InChI=1S/C21H28N2O3/c1-16(11-21(24)25)10-19(13-22)23-14-18-8-5-9-20(12-18)26-15-17-6-3-2-4-7-17/h2-9,12,16,19,23H,10-11,13-15,22H2,1H3,(H,24,25)/t16?,19-/m1/s1. The number of carboxylic acids is 1. The van der Waals surface area contributed by atoms with Gasteiger partial charge in [-0.2, -0.15) is 0 Å². The lowest BCUT2D eigenvalue weighted by Crippen LogP contribution is -2.37. The molecule has 2 aromatic carbocycles. The third-order valence-electron chi connectivity index (χ3n) is 4.24. The van der Waals surface area contributed by atoms with E-state index in [-0.39, 0.29) is 18.4 Å². The minimum absolute atomic E-state index is 0.0918. The van der Waals surface area contributed by atoms with Gasteiger partial charge < -0.3 is 20.9 Å². The van der Waals surface area contributed by atoms with E-state index in [1.807, 2.05) is 61.5 Å². The molecule has 0 bridgehead atoms. The molecule has 0 aromatic heterocycles. The van der Waals surface area contributed by atoms with Crippen molar-refractivity contribution >= 4 is 5.97 Å². The summed E-state index contributed by atoms with van der Waals surface area (Å²) in [7, 11) is 0. The maximum Gasteiger partial charge on any atom is 0.303 e. The molecule has 0 heterocycles. The number of hydrogen-bond acceptors (Lipinski definition) is 4. The predicted octanol–water partition coefficient (Wildman–Crippen LogP) is 3.18. The van der Waals surface area contributed by atoms with Gasteiger partial charge in [0.2, 0.25) is 0 Å². The van der Waals surface area contributed by atoms with Crippen LogP contribution in [-0.4, -0.2) is 23.7 Å². The van der Waals surface area contributed by atoms with Gasteiger partial charge in [-0.05, 0) is 35.6 Å². The lowest BCUT2D eigenvalue weighted by molar-refractivity contribution is -0.138. The Morgan fingerprint density at radius 3 is 2.58 bits per heavy atom. The molecule has 0 aliphatic rings. The molecule has 0 saturated carbocycles. The van der Waals surface area contributed by atoms with Crippen molar-refractivity contribution in [1.29, 1.82) is 0 Å². The molecule has 0 amide bonds. The monoisotopic (exact) mass is 356 g/mol. The van der Waals surface area contributed by atoms with Crippen molar-refractivity contribution < 1.29 is 14.6 Å². The van der Waals surface area contributed by atoms with E-state index in [0.717, 1.165) is 23.3 Å². The molecule has 1 unspecified atom stereocenters. The first kappa shape index (κ1) is 19.9. The lowest BCUT2D eigenvalue weighted by Gasteiger charge is -2.20. The lowest BCUT2D eigenvalue weighted by atomic mass is 9.98. The Balaban J connectivity index is 1.84. The van der Waals surface area contributed by atoms with Crippen LogP contribution >= 0.6 is 0 Å². The quantitative estimate of drug-likeness (QED) is 0.576. The van der Waals surface area contributed by atoms with Gasteiger partial charge in [0.25, 0.3) is 0 Å². The first-order valence-corrected chi connectivity index (χ1v) is 8.97. The summed E-state index contributed by atoms with van der Waals surface area (Å²) in [6.07, 6.45) is 0.911. The van der Waals surface area contributed by atoms with Crippen molar-refractivity contribution in [3.63, 3.8) is 0 Å². The fourth-order valence-corrected chi connectivity index (χ4v) is 2.88. The van der Waals surface area contributed by atoms with Gasteiger partial charge in [-0.15, -0.1) is 0 Å². The number of benzene rings is 2. The topological polar surface area (TPSA) is 84.6 Å². The van der Waals surface area contributed by atoms with Crippen molar-refractivity contribution in [1.82, 2.24) is 5.32 Å². The van der Waals surface area contributed by atoms with E-state index in [9.17, 15) is 4.79 Å². The van der Waals surface area contributed by atoms with Crippen LogP contribution in [0.5, 0.6) is 5.75 Å². The maximum atomic E-state index is 10.8. The zero-order valence-electron chi connectivity index (χ0n) is 15.2. The van der Waals surface area contributed by atoms with Crippen molar-refractivity contribution in [2.45, 2.75) is 39.0 Å². The highest BCUT2D eigenvalue weighted by Gasteiger charge is 2.14. The van der Waals surface area contributed by atoms with Crippen molar-refractivity contribution in [2.24, 2.45) is 11.7 Å². The van der Waals surface area contributed by atoms with Crippen molar-refractivity contribution in [2.75, 3.05) is 6.54 Å². The zero-order chi connectivity index (χ0) is 18.8. The number of carboxylic acid groups (broad SMARTS) is 1. The largest absolute Gasteiger partial charge is 0.489 e. The molecule has 5 nitrogen and oxygen atoms in total. The summed E-state index contributed by atoms with van der Waals surface area (Å²) in [5.74, 6) is 0.155. The molecule has 0 aliphatic heterocycles. The second-order valence-corrected chi connectivity index (χ2v) is 6.67. The van der Waals surface area contributed by atoms with Gasteiger partial charge in [-0.3, -0.25) is 4.79 Å². The molecule has 0 aliphatic carbocycles. The second-order valence-electron chi connectivity index (χ2n) is 6.67. The van der Waals surface area contributed by atoms with Crippen molar-refractivity contribution in [3.8, 4) is 5.75 Å². The number of ether oxygens (including phenoxy) is 1. The molecule has 0 spiro atoms. The third-order valence-corrected chi connectivity index (χ3v) is 4.24. The van der Waals surface area contributed by atoms with E-state index in [1.165, 1.54) is 0 Å². The fourth-order valence-electron chi connectivity index (χ4n) is 2.88.